The van der Waals surface area contributed by atoms with Crippen LogP contribution in [0.5, 0.6) is 0 Å². The second kappa shape index (κ2) is 13.2. The highest BCUT2D eigenvalue weighted by molar-refractivity contribution is 6.06. The summed E-state index contributed by atoms with van der Waals surface area (Å²) in [6.45, 7) is 0. The molecule has 3 nitrogen and oxygen atoms in total. The molecule has 268 valence electrons. The Morgan fingerprint density at radius 3 is 1.54 bits per heavy atom. The van der Waals surface area contributed by atoms with Crippen LogP contribution >= 0.6 is 0 Å². The Hall–Kier alpha value is -6.84. The number of furan rings is 1. The number of rotatable bonds is 7. The fourth-order valence-corrected chi connectivity index (χ4v) is 9.83. The second-order valence-corrected chi connectivity index (χ2v) is 15.2. The van der Waals surface area contributed by atoms with Gasteiger partial charge in [0.25, 0.3) is 0 Å². The molecule has 8 aromatic carbocycles. The maximum atomic E-state index is 6.35. The third-order valence-corrected chi connectivity index (χ3v) is 12.2. The van der Waals surface area contributed by atoms with Gasteiger partial charge in [-0.15, -0.1) is 0 Å². The van der Waals surface area contributed by atoms with E-state index >= 15 is 0 Å². The largest absolute Gasteiger partial charge is 0.456 e. The number of fused-ring (bicyclic) bond motifs is 7. The first kappa shape index (κ1) is 32.6. The van der Waals surface area contributed by atoms with Gasteiger partial charge in [0.15, 0.2) is 0 Å². The first-order chi connectivity index (χ1) is 27.7. The van der Waals surface area contributed by atoms with E-state index in [4.69, 9.17) is 4.42 Å². The van der Waals surface area contributed by atoms with Gasteiger partial charge in [-0.05, 0) is 132 Å². The molecular weight excluding hydrogens is 681 g/mol. The van der Waals surface area contributed by atoms with Crippen molar-refractivity contribution in [1.29, 1.82) is 0 Å². The van der Waals surface area contributed by atoms with E-state index in [-0.39, 0.29) is 5.41 Å². The van der Waals surface area contributed by atoms with Crippen molar-refractivity contribution in [3.8, 4) is 11.1 Å². The molecule has 1 heterocycles. The molecule has 2 aliphatic carbocycles. The molecule has 9 aromatic rings. The van der Waals surface area contributed by atoms with Crippen LogP contribution in [-0.2, 0) is 18.3 Å². The van der Waals surface area contributed by atoms with Crippen molar-refractivity contribution in [3.05, 3.63) is 216 Å². The van der Waals surface area contributed by atoms with E-state index in [1.165, 1.54) is 56.1 Å². The van der Waals surface area contributed by atoms with Crippen LogP contribution in [-0.4, -0.2) is 0 Å². The number of anilines is 6. The monoisotopic (exact) mass is 720 g/mol. The van der Waals surface area contributed by atoms with E-state index in [2.05, 4.69) is 198 Å². The summed E-state index contributed by atoms with van der Waals surface area (Å²) < 4.78 is 6.35. The molecular formula is C53H40N2O. The van der Waals surface area contributed by atoms with Crippen LogP contribution in [0.2, 0.25) is 0 Å². The minimum atomic E-state index is -0.165. The van der Waals surface area contributed by atoms with Crippen LogP contribution < -0.4 is 9.80 Å². The summed E-state index contributed by atoms with van der Waals surface area (Å²) in [6.07, 6.45) is 4.23. The van der Waals surface area contributed by atoms with Gasteiger partial charge < -0.3 is 14.2 Å². The van der Waals surface area contributed by atoms with Crippen molar-refractivity contribution in [2.75, 3.05) is 9.80 Å². The van der Waals surface area contributed by atoms with Gasteiger partial charge in [0, 0.05) is 38.9 Å². The summed E-state index contributed by atoms with van der Waals surface area (Å²) in [4.78, 5) is 5.00. The zero-order valence-corrected chi connectivity index (χ0v) is 31.1. The van der Waals surface area contributed by atoms with E-state index in [1.54, 1.807) is 0 Å². The van der Waals surface area contributed by atoms with Gasteiger partial charge in [-0.3, -0.25) is 0 Å². The molecule has 11 rings (SSSR count). The van der Waals surface area contributed by atoms with Gasteiger partial charge in [0.1, 0.15) is 11.2 Å². The van der Waals surface area contributed by atoms with Crippen LogP contribution in [0, 0.1) is 0 Å². The van der Waals surface area contributed by atoms with Gasteiger partial charge in [0.05, 0.1) is 11.4 Å². The second-order valence-electron chi connectivity index (χ2n) is 15.2. The molecule has 1 atom stereocenters. The van der Waals surface area contributed by atoms with Crippen molar-refractivity contribution in [2.24, 2.45) is 0 Å². The normalized spacial score (nSPS) is 15.6. The summed E-state index contributed by atoms with van der Waals surface area (Å²) in [7, 11) is 0. The summed E-state index contributed by atoms with van der Waals surface area (Å²) in [5.41, 5.74) is 17.0. The number of aryl methyl sites for hydroxylation is 2. The minimum Gasteiger partial charge on any atom is -0.456 e. The van der Waals surface area contributed by atoms with Gasteiger partial charge >= 0.3 is 0 Å². The average molecular weight is 721 g/mol. The molecule has 0 fully saturated rings. The van der Waals surface area contributed by atoms with Crippen LogP contribution in [0.4, 0.5) is 34.1 Å². The average Bonchev–Trinajstić information content (AvgIpc) is 3.96. The van der Waals surface area contributed by atoms with Gasteiger partial charge in [-0.25, -0.2) is 0 Å². The number of hydrogen-bond acceptors (Lipinski definition) is 3. The minimum absolute atomic E-state index is 0.165. The highest BCUT2D eigenvalue weighted by Crippen LogP contribution is 2.60. The SMILES string of the molecule is c1ccc(-c2cccc(N(c3ccc4oc5ccccc5c4c3)c3cccc4c3[C@]3(CCc5cccc(N(c6ccccc6)c6ccccc6)c53)CC4)c2)cc1. The Morgan fingerprint density at radius 1 is 0.375 bits per heavy atom. The molecule has 0 saturated heterocycles. The molecule has 0 radical (unpaired) electrons. The lowest BCUT2D eigenvalue weighted by molar-refractivity contribution is 0.508. The van der Waals surface area contributed by atoms with Crippen LogP contribution in [0.25, 0.3) is 33.1 Å². The quantitative estimate of drug-likeness (QED) is 0.163. The van der Waals surface area contributed by atoms with Crippen molar-refractivity contribution in [1.82, 2.24) is 0 Å². The van der Waals surface area contributed by atoms with E-state index in [9.17, 15) is 0 Å². The van der Waals surface area contributed by atoms with E-state index in [1.807, 2.05) is 6.07 Å². The maximum Gasteiger partial charge on any atom is 0.135 e. The van der Waals surface area contributed by atoms with E-state index < -0.39 is 0 Å². The lowest BCUT2D eigenvalue weighted by atomic mass is 9.74. The third-order valence-electron chi connectivity index (χ3n) is 12.2. The summed E-state index contributed by atoms with van der Waals surface area (Å²) in [5.74, 6) is 0. The van der Waals surface area contributed by atoms with Crippen molar-refractivity contribution >= 4 is 56.1 Å². The van der Waals surface area contributed by atoms with Crippen molar-refractivity contribution in [2.45, 2.75) is 31.1 Å². The molecule has 3 heteroatoms. The molecule has 0 aliphatic heterocycles. The van der Waals surface area contributed by atoms with E-state index in [0.29, 0.717) is 0 Å². The predicted molar refractivity (Wildman–Crippen MR) is 232 cm³/mol. The Morgan fingerprint density at radius 2 is 0.875 bits per heavy atom. The Kier molecular flexibility index (Phi) is 7.67. The number of nitrogens with zero attached hydrogens (tertiary/aromatic N) is 2. The Bertz CT molecular complexity index is 2840. The summed E-state index contributed by atoms with van der Waals surface area (Å²) >= 11 is 0. The lowest BCUT2D eigenvalue weighted by Crippen LogP contribution is -2.27. The number of benzene rings is 8. The number of hydrogen-bond donors (Lipinski definition) is 0. The molecule has 2 aliphatic rings. The first-order valence-corrected chi connectivity index (χ1v) is 19.8. The molecule has 0 N–H and O–H groups in total. The van der Waals surface area contributed by atoms with Crippen molar-refractivity contribution < 1.29 is 4.42 Å². The van der Waals surface area contributed by atoms with E-state index in [0.717, 1.165) is 59.0 Å². The predicted octanol–water partition coefficient (Wildman–Crippen LogP) is 14.4. The molecule has 0 unspecified atom stereocenters. The smallest absolute Gasteiger partial charge is 0.135 e. The third kappa shape index (κ3) is 5.19. The fraction of sp³-hybridized carbons (Fsp3) is 0.0943. The molecule has 1 spiro atoms. The standard InChI is InChI=1S/C53H40N2O/c1-4-15-37(16-5-1)40-19-12-24-43(35-40)55(44-29-30-50-46(36-44)45-25-10-11-28-49(45)56-50)48-27-14-18-39-32-34-53(52(39)48)33-31-38-17-13-26-47(51(38)53)54(41-20-6-2-7-21-41)42-22-8-3-9-23-42/h1-30,35-36H,31-34H2/t53-/m1/s1. The topological polar surface area (TPSA) is 19.6 Å². The zero-order valence-electron chi connectivity index (χ0n) is 31.1. The fourth-order valence-electron chi connectivity index (χ4n) is 9.83. The molecule has 56 heavy (non-hydrogen) atoms. The van der Waals surface area contributed by atoms with Crippen molar-refractivity contribution in [3.63, 3.8) is 0 Å². The molecule has 0 bridgehead atoms. The molecule has 0 saturated carbocycles. The molecule has 0 amide bonds. The van der Waals surface area contributed by atoms with Gasteiger partial charge in [-0.1, -0.05) is 121 Å². The first-order valence-electron chi connectivity index (χ1n) is 19.8. The maximum absolute atomic E-state index is 6.35. The summed E-state index contributed by atoms with van der Waals surface area (Å²) in [6, 6.07) is 70.6. The Balaban J connectivity index is 1.15. The summed E-state index contributed by atoms with van der Waals surface area (Å²) in [5, 5.41) is 2.26. The van der Waals surface area contributed by atoms with Crippen LogP contribution in [0.1, 0.15) is 35.1 Å². The highest BCUT2D eigenvalue weighted by atomic mass is 16.3. The van der Waals surface area contributed by atoms with Gasteiger partial charge in [-0.2, -0.15) is 0 Å². The lowest BCUT2D eigenvalue weighted by Gasteiger charge is -2.37. The van der Waals surface area contributed by atoms with Gasteiger partial charge in [0.2, 0.25) is 0 Å². The number of para-hydroxylation sites is 3. The highest BCUT2D eigenvalue weighted by Gasteiger charge is 2.49. The van der Waals surface area contributed by atoms with Crippen LogP contribution in [0.3, 0.4) is 0 Å². The Labute approximate surface area is 327 Å². The van der Waals surface area contributed by atoms with Crippen LogP contribution in [0.15, 0.2) is 199 Å². The zero-order chi connectivity index (χ0) is 37.1. The molecule has 1 aromatic heterocycles.